The third-order valence-electron chi connectivity index (χ3n) is 4.44. The van der Waals surface area contributed by atoms with E-state index in [4.69, 9.17) is 4.74 Å². The summed E-state index contributed by atoms with van der Waals surface area (Å²) in [6, 6.07) is 8.99. The van der Waals surface area contributed by atoms with Gasteiger partial charge in [0.2, 0.25) is 0 Å². The molecule has 1 aromatic heterocycles. The number of carboxylic acids is 1. The van der Waals surface area contributed by atoms with Gasteiger partial charge in [-0.05, 0) is 79.1 Å². The van der Waals surface area contributed by atoms with Gasteiger partial charge in [-0.25, -0.2) is 14.0 Å². The largest absolute Gasteiger partial charge is 0.478 e. The number of aromatic nitrogens is 4. The smallest absolute Gasteiger partial charge is 0.368 e. The first kappa shape index (κ1) is 20.2. The molecule has 0 bridgehead atoms. The molecule has 0 aliphatic carbocycles. The Balaban J connectivity index is 1.87. The number of carboxylic acid groups (broad SMARTS) is 1. The lowest BCUT2D eigenvalue weighted by molar-refractivity contribution is -0.152. The maximum Gasteiger partial charge on any atom is 0.368 e. The summed E-state index contributed by atoms with van der Waals surface area (Å²) in [4.78, 5) is 23.9. The van der Waals surface area contributed by atoms with E-state index in [-0.39, 0.29) is 6.54 Å². The Morgan fingerprint density at radius 2 is 1.72 bits per heavy atom. The topological polar surface area (TPSA) is 99.2 Å². The summed E-state index contributed by atoms with van der Waals surface area (Å²) >= 11 is 0. The number of aliphatic carboxylic acids is 1. The number of aryl methyl sites for hydroxylation is 2. The number of carbonyl (C=O) groups is 1. The van der Waals surface area contributed by atoms with Gasteiger partial charge in [0, 0.05) is 0 Å². The first-order valence-electron chi connectivity index (χ1n) is 8.90. The third kappa shape index (κ3) is 4.18. The van der Waals surface area contributed by atoms with Crippen LogP contribution < -0.4 is 10.4 Å². The predicted octanol–water partition coefficient (Wildman–Crippen LogP) is 2.48. The zero-order valence-electron chi connectivity index (χ0n) is 16.5. The summed E-state index contributed by atoms with van der Waals surface area (Å²) in [6.07, 6.45) is 0. The highest BCUT2D eigenvalue weighted by Crippen LogP contribution is 2.29. The van der Waals surface area contributed by atoms with Gasteiger partial charge in [0.05, 0.1) is 12.2 Å². The fourth-order valence-electron chi connectivity index (χ4n) is 2.88. The molecule has 0 fully saturated rings. The molecule has 0 atom stereocenters. The molecular weight excluding hydrogens is 379 g/mol. The van der Waals surface area contributed by atoms with Crippen molar-refractivity contribution >= 4 is 5.97 Å². The van der Waals surface area contributed by atoms with Crippen LogP contribution in [0.25, 0.3) is 5.69 Å². The predicted molar refractivity (Wildman–Crippen MR) is 103 cm³/mol. The molecule has 3 aromatic rings. The summed E-state index contributed by atoms with van der Waals surface area (Å²) in [7, 11) is 0. The molecule has 0 saturated heterocycles. The van der Waals surface area contributed by atoms with Gasteiger partial charge in [-0.3, -0.25) is 0 Å². The van der Waals surface area contributed by atoms with Gasteiger partial charge in [0.25, 0.3) is 0 Å². The summed E-state index contributed by atoms with van der Waals surface area (Å²) in [5.41, 5.74) is 0.857. The molecule has 9 heteroatoms. The van der Waals surface area contributed by atoms with Crippen LogP contribution in [-0.2, 0) is 11.3 Å². The van der Waals surface area contributed by atoms with Gasteiger partial charge in [-0.1, -0.05) is 12.1 Å². The minimum Gasteiger partial charge on any atom is -0.478 e. The summed E-state index contributed by atoms with van der Waals surface area (Å²) in [5, 5.41) is 17.0. The highest BCUT2D eigenvalue weighted by molar-refractivity contribution is 5.77. The molecule has 0 saturated carbocycles. The molecule has 0 aliphatic rings. The Labute approximate surface area is 166 Å². The molecule has 0 unspecified atom stereocenters. The lowest BCUT2D eigenvalue weighted by atomic mass is 10.0. The third-order valence-corrected chi connectivity index (χ3v) is 4.44. The van der Waals surface area contributed by atoms with Gasteiger partial charge in [0.1, 0.15) is 11.6 Å². The number of benzene rings is 2. The molecule has 2 aromatic carbocycles. The van der Waals surface area contributed by atoms with Crippen LogP contribution in [0.5, 0.6) is 5.75 Å². The van der Waals surface area contributed by atoms with E-state index < -0.39 is 23.1 Å². The van der Waals surface area contributed by atoms with Gasteiger partial charge in [0.15, 0.2) is 5.60 Å². The van der Waals surface area contributed by atoms with Crippen LogP contribution in [0, 0.1) is 19.7 Å². The van der Waals surface area contributed by atoms with E-state index in [0.717, 1.165) is 21.4 Å². The molecule has 0 spiro atoms. The summed E-state index contributed by atoms with van der Waals surface area (Å²) in [6.45, 7) is 6.75. The van der Waals surface area contributed by atoms with Crippen LogP contribution in [-0.4, -0.2) is 36.5 Å². The maximum atomic E-state index is 13.1. The first-order valence-corrected chi connectivity index (χ1v) is 8.90. The second-order valence-electron chi connectivity index (χ2n) is 7.28. The number of hydrogen-bond donors (Lipinski definition) is 1. The highest BCUT2D eigenvalue weighted by Gasteiger charge is 2.30. The molecule has 0 radical (unpaired) electrons. The van der Waals surface area contributed by atoms with E-state index in [9.17, 15) is 19.1 Å². The first-order chi connectivity index (χ1) is 13.6. The average Bonchev–Trinajstić information content (AvgIpc) is 2.99. The maximum absolute atomic E-state index is 13.1. The van der Waals surface area contributed by atoms with Crippen molar-refractivity contribution in [3.63, 3.8) is 0 Å². The number of hydrogen-bond acceptors (Lipinski definition) is 5. The fraction of sp³-hybridized carbons (Fsp3) is 0.300. The number of ether oxygens (including phenoxy) is 1. The second-order valence-corrected chi connectivity index (χ2v) is 7.28. The Morgan fingerprint density at radius 1 is 1.14 bits per heavy atom. The van der Waals surface area contributed by atoms with Gasteiger partial charge < -0.3 is 9.84 Å². The van der Waals surface area contributed by atoms with Crippen LogP contribution in [0.4, 0.5) is 4.39 Å². The molecule has 3 rings (SSSR count). The van der Waals surface area contributed by atoms with Crippen molar-refractivity contribution in [3.8, 4) is 11.4 Å². The Bertz CT molecular complexity index is 1090. The summed E-state index contributed by atoms with van der Waals surface area (Å²) < 4.78 is 21.1. The van der Waals surface area contributed by atoms with Crippen LogP contribution in [0.2, 0.25) is 0 Å². The number of halogens is 1. The van der Waals surface area contributed by atoms with E-state index in [0.29, 0.717) is 11.4 Å². The van der Waals surface area contributed by atoms with Crippen LogP contribution in [0.1, 0.15) is 30.5 Å². The van der Waals surface area contributed by atoms with Gasteiger partial charge in [-0.15, -0.1) is 0 Å². The molecular formula is C20H21FN4O4. The Hall–Kier alpha value is -3.49. The van der Waals surface area contributed by atoms with Crippen LogP contribution in [0.15, 0.2) is 41.2 Å². The zero-order valence-corrected chi connectivity index (χ0v) is 16.5. The molecule has 0 amide bonds. The van der Waals surface area contributed by atoms with Crippen molar-refractivity contribution in [1.82, 2.24) is 19.8 Å². The van der Waals surface area contributed by atoms with Crippen LogP contribution >= 0.6 is 0 Å². The average molecular weight is 400 g/mol. The molecule has 1 N–H and O–H groups in total. The SMILES string of the molecule is Cc1cc(Cn2nnn(-c3ccc(F)cc3)c2=O)cc(C)c1OC(C)(C)C(=O)O. The minimum atomic E-state index is -1.37. The van der Waals surface area contributed by atoms with E-state index >= 15 is 0 Å². The van der Waals surface area contributed by atoms with Crippen LogP contribution in [0.3, 0.4) is 0 Å². The fourth-order valence-corrected chi connectivity index (χ4v) is 2.88. The van der Waals surface area contributed by atoms with Crippen molar-refractivity contribution < 1.29 is 19.0 Å². The lowest BCUT2D eigenvalue weighted by Crippen LogP contribution is -2.38. The van der Waals surface area contributed by atoms with E-state index in [1.165, 1.54) is 42.8 Å². The Morgan fingerprint density at radius 3 is 2.28 bits per heavy atom. The zero-order chi connectivity index (χ0) is 21.3. The van der Waals surface area contributed by atoms with Crippen molar-refractivity contribution in [1.29, 1.82) is 0 Å². The number of rotatable bonds is 6. The standard InChI is InChI=1S/C20H21FN4O4/c1-12-9-14(10-13(2)17(12)29-20(3,4)18(26)27)11-24-19(28)25(23-22-24)16-7-5-15(21)6-8-16/h5-10H,11H2,1-4H3,(H,26,27). The van der Waals surface area contributed by atoms with Gasteiger partial charge in [-0.2, -0.15) is 9.36 Å². The quantitative estimate of drug-likeness (QED) is 0.682. The monoisotopic (exact) mass is 400 g/mol. The van der Waals surface area contributed by atoms with E-state index in [1.54, 1.807) is 0 Å². The van der Waals surface area contributed by atoms with Crippen molar-refractivity contribution in [2.45, 2.75) is 39.8 Å². The van der Waals surface area contributed by atoms with E-state index in [2.05, 4.69) is 10.4 Å². The Kier molecular flexibility index (Phi) is 5.23. The lowest BCUT2D eigenvalue weighted by Gasteiger charge is -2.24. The number of tetrazole rings is 1. The normalized spacial score (nSPS) is 11.5. The molecule has 29 heavy (non-hydrogen) atoms. The molecule has 1 heterocycles. The molecule has 0 aliphatic heterocycles. The van der Waals surface area contributed by atoms with Crippen molar-refractivity contribution in [3.05, 3.63) is 69.4 Å². The molecule has 152 valence electrons. The second kappa shape index (κ2) is 7.50. The minimum absolute atomic E-state index is 0.171. The van der Waals surface area contributed by atoms with Crippen molar-refractivity contribution in [2.24, 2.45) is 0 Å². The highest BCUT2D eigenvalue weighted by atomic mass is 19.1. The number of nitrogens with zero attached hydrogens (tertiary/aromatic N) is 4. The van der Waals surface area contributed by atoms with Gasteiger partial charge >= 0.3 is 11.7 Å². The van der Waals surface area contributed by atoms with E-state index in [1.807, 2.05) is 26.0 Å². The van der Waals surface area contributed by atoms with Crippen molar-refractivity contribution in [2.75, 3.05) is 0 Å². The summed E-state index contributed by atoms with van der Waals surface area (Å²) in [5.74, 6) is -0.985. The molecule has 8 nitrogen and oxygen atoms in total.